The number of nitrogens with one attached hydrogen (secondary N) is 3. The lowest BCUT2D eigenvalue weighted by molar-refractivity contribution is 0.0847. The number of H-pyrrole nitrogens is 1. The summed E-state index contributed by atoms with van der Waals surface area (Å²) < 4.78 is 79.1. The summed E-state index contributed by atoms with van der Waals surface area (Å²) in [7, 11) is -3.36. The van der Waals surface area contributed by atoms with Gasteiger partial charge in [-0.2, -0.15) is 5.10 Å². The molecule has 4 N–H and O–H groups in total. The van der Waals surface area contributed by atoms with Crippen LogP contribution in [0.25, 0.3) is 22.0 Å². The molecular formula is C26H23ClF3N5O5S. The summed E-state index contributed by atoms with van der Waals surface area (Å²) in [5.74, 6) is -4.60. The molecule has 0 radical (unpaired) electrons. The monoisotopic (exact) mass is 609 g/mol. The van der Waals surface area contributed by atoms with Crippen molar-refractivity contribution in [2.75, 3.05) is 11.8 Å². The molecule has 1 amide bonds. The molecule has 15 heteroatoms. The summed E-state index contributed by atoms with van der Waals surface area (Å²) in [6.45, 7) is 0. The largest absolute Gasteiger partial charge is 0.480 e. The molecule has 1 aliphatic carbocycles. The minimum absolute atomic E-state index is 0.0369. The van der Waals surface area contributed by atoms with Crippen LogP contribution in [0.3, 0.4) is 0 Å². The van der Waals surface area contributed by atoms with Crippen LogP contribution in [0.4, 0.5) is 18.9 Å². The Morgan fingerprint density at radius 2 is 1.95 bits per heavy atom. The van der Waals surface area contributed by atoms with Crippen LogP contribution in [0, 0.1) is 17.5 Å². The van der Waals surface area contributed by atoms with Crippen molar-refractivity contribution in [2.24, 2.45) is 0 Å². The highest BCUT2D eigenvalue weighted by Gasteiger charge is 2.28. The fraction of sp³-hybridized carbons (Fsp3) is 0.269. The van der Waals surface area contributed by atoms with Crippen molar-refractivity contribution in [2.45, 2.75) is 42.7 Å². The number of carbonyl (C=O) groups is 1. The number of aliphatic hydroxyl groups excluding tert-OH is 1. The minimum Gasteiger partial charge on any atom is -0.480 e. The third-order valence-electron chi connectivity index (χ3n) is 6.75. The number of benzene rings is 2. The second-order valence-corrected chi connectivity index (χ2v) is 11.6. The number of aromatic nitrogens is 3. The molecule has 1 aliphatic rings. The highest BCUT2D eigenvalue weighted by Crippen LogP contribution is 2.36. The average molecular weight is 610 g/mol. The van der Waals surface area contributed by atoms with E-state index in [9.17, 15) is 22.7 Å². The van der Waals surface area contributed by atoms with Crippen LogP contribution in [0.15, 0.2) is 41.4 Å². The number of nitrogens with zero attached hydrogens (tertiary/aromatic N) is 2. The maximum Gasteiger partial charge on any atom is 0.270 e. The van der Waals surface area contributed by atoms with E-state index in [1.54, 1.807) is 0 Å². The van der Waals surface area contributed by atoms with Gasteiger partial charge in [0.2, 0.25) is 5.88 Å². The van der Waals surface area contributed by atoms with Crippen LogP contribution in [-0.4, -0.2) is 53.9 Å². The maximum absolute atomic E-state index is 15.6. The van der Waals surface area contributed by atoms with Crippen molar-refractivity contribution >= 4 is 44.1 Å². The van der Waals surface area contributed by atoms with E-state index >= 15 is 8.78 Å². The van der Waals surface area contributed by atoms with Crippen LogP contribution in [-0.2, 0) is 10.0 Å². The quantitative estimate of drug-likeness (QED) is 0.241. The Morgan fingerprint density at radius 1 is 1.17 bits per heavy atom. The number of sulfonamides is 1. The van der Waals surface area contributed by atoms with E-state index in [4.69, 9.17) is 16.3 Å². The number of rotatable bonds is 7. The predicted molar refractivity (Wildman–Crippen MR) is 144 cm³/mol. The van der Waals surface area contributed by atoms with E-state index in [-0.39, 0.29) is 33.5 Å². The molecule has 4 aromatic rings. The lowest BCUT2D eigenvalue weighted by Crippen LogP contribution is -2.39. The molecule has 0 aliphatic heterocycles. The van der Waals surface area contributed by atoms with E-state index in [1.807, 2.05) is 4.72 Å². The Hall–Kier alpha value is -3.88. The van der Waals surface area contributed by atoms with E-state index in [0.717, 1.165) is 36.9 Å². The first-order chi connectivity index (χ1) is 19.5. The molecule has 2 aromatic heterocycles. The first kappa shape index (κ1) is 28.6. The van der Waals surface area contributed by atoms with Crippen molar-refractivity contribution in [3.8, 4) is 17.0 Å². The number of hydrogen-bond donors (Lipinski definition) is 4. The van der Waals surface area contributed by atoms with Crippen LogP contribution in [0.2, 0.25) is 5.02 Å². The second-order valence-electron chi connectivity index (χ2n) is 9.46. The number of pyridine rings is 1. The number of aromatic amines is 1. The molecule has 0 spiro atoms. The highest BCUT2D eigenvalue weighted by molar-refractivity contribution is 7.92. The summed E-state index contributed by atoms with van der Waals surface area (Å²) in [5.41, 5.74) is -2.50. The number of aliphatic hydroxyl groups is 1. The Morgan fingerprint density at radius 3 is 2.68 bits per heavy atom. The Bertz CT molecular complexity index is 1770. The summed E-state index contributed by atoms with van der Waals surface area (Å²) in [6, 6.07) is 4.72. The number of methoxy groups -OCH3 is 1. The molecule has 216 valence electrons. The van der Waals surface area contributed by atoms with Gasteiger partial charge in [-0.3, -0.25) is 14.6 Å². The molecule has 2 aromatic carbocycles. The zero-order valence-electron chi connectivity index (χ0n) is 21.3. The Kier molecular flexibility index (Phi) is 7.81. The van der Waals surface area contributed by atoms with Gasteiger partial charge in [-0.15, -0.1) is 0 Å². The van der Waals surface area contributed by atoms with Gasteiger partial charge in [0.15, 0.2) is 16.5 Å². The molecule has 2 unspecified atom stereocenters. The second kappa shape index (κ2) is 11.2. The van der Waals surface area contributed by atoms with Crippen LogP contribution in [0.1, 0.15) is 36.2 Å². The molecule has 2 heterocycles. The number of anilines is 1. The van der Waals surface area contributed by atoms with Crippen LogP contribution < -0.4 is 14.8 Å². The number of halogens is 4. The number of fused-ring (bicyclic) bond motifs is 1. The molecule has 1 saturated carbocycles. The number of ether oxygens (including phenoxy) is 1. The number of hydrogen-bond acceptors (Lipinski definition) is 7. The van der Waals surface area contributed by atoms with E-state index in [1.165, 1.54) is 13.2 Å². The van der Waals surface area contributed by atoms with Gasteiger partial charge in [0.05, 0.1) is 29.5 Å². The van der Waals surface area contributed by atoms with Crippen LogP contribution >= 0.6 is 11.6 Å². The van der Waals surface area contributed by atoms with E-state index in [2.05, 4.69) is 20.5 Å². The molecule has 10 nitrogen and oxygen atoms in total. The van der Waals surface area contributed by atoms with Crippen molar-refractivity contribution in [1.29, 1.82) is 0 Å². The van der Waals surface area contributed by atoms with Gasteiger partial charge >= 0.3 is 0 Å². The first-order valence-corrected chi connectivity index (χ1v) is 14.2. The standard InChI is InChI=1S/C26H23ClF3N5O5S/c1-40-26-19(9-12(27)11-31-26)41(38,39)35-18-8-7-17(28)20(22(18)30)15-5-6-16-23(21(15)29)33-34-24(16)25(37)32-13-3-2-4-14(36)10-13/h5-9,11,13-14,35-36H,2-4,10H2,1H3,(H,32,37)(H,33,34). The van der Waals surface area contributed by atoms with Crippen molar-refractivity contribution < 1.29 is 36.2 Å². The van der Waals surface area contributed by atoms with Gasteiger partial charge in [0.1, 0.15) is 17.0 Å². The predicted octanol–water partition coefficient (Wildman–Crippen LogP) is 4.54. The van der Waals surface area contributed by atoms with Crippen molar-refractivity contribution in [3.05, 3.63) is 64.7 Å². The fourth-order valence-electron chi connectivity index (χ4n) is 4.80. The van der Waals surface area contributed by atoms with Gasteiger partial charge in [-0.25, -0.2) is 26.6 Å². The van der Waals surface area contributed by atoms with Gasteiger partial charge < -0.3 is 15.2 Å². The van der Waals surface area contributed by atoms with Crippen molar-refractivity contribution in [1.82, 2.24) is 20.5 Å². The molecule has 0 bridgehead atoms. The summed E-state index contributed by atoms with van der Waals surface area (Å²) in [6.07, 6.45) is 3.07. The Labute approximate surface area is 236 Å². The fourth-order valence-corrected chi connectivity index (χ4v) is 6.23. The third-order valence-corrected chi connectivity index (χ3v) is 8.31. The topological polar surface area (TPSA) is 146 Å². The van der Waals surface area contributed by atoms with Crippen LogP contribution in [0.5, 0.6) is 5.88 Å². The van der Waals surface area contributed by atoms with Gasteiger partial charge in [-0.1, -0.05) is 17.7 Å². The van der Waals surface area contributed by atoms with E-state index in [0.29, 0.717) is 19.3 Å². The summed E-state index contributed by atoms with van der Waals surface area (Å²) in [4.78, 5) is 16.1. The zero-order chi connectivity index (χ0) is 29.5. The number of amides is 1. The smallest absolute Gasteiger partial charge is 0.270 e. The Balaban J connectivity index is 1.49. The van der Waals surface area contributed by atoms with Gasteiger partial charge in [-0.05, 0) is 49.9 Å². The van der Waals surface area contributed by atoms with Gasteiger partial charge in [0, 0.05) is 23.2 Å². The molecular weight excluding hydrogens is 587 g/mol. The van der Waals surface area contributed by atoms with Crippen molar-refractivity contribution in [3.63, 3.8) is 0 Å². The first-order valence-electron chi connectivity index (χ1n) is 12.4. The molecule has 1 fully saturated rings. The molecule has 0 saturated heterocycles. The molecule has 2 atom stereocenters. The lowest BCUT2D eigenvalue weighted by atomic mass is 9.93. The maximum atomic E-state index is 15.6. The average Bonchev–Trinajstić information content (AvgIpc) is 3.37. The van der Waals surface area contributed by atoms with Gasteiger partial charge in [0.25, 0.3) is 15.9 Å². The normalized spacial score (nSPS) is 17.4. The highest BCUT2D eigenvalue weighted by atomic mass is 35.5. The van der Waals surface area contributed by atoms with E-state index < -0.39 is 61.2 Å². The summed E-state index contributed by atoms with van der Waals surface area (Å²) >= 11 is 5.86. The molecule has 5 rings (SSSR count). The number of carbonyl (C=O) groups excluding carboxylic acids is 1. The summed E-state index contributed by atoms with van der Waals surface area (Å²) in [5, 5.41) is 19.0. The zero-order valence-corrected chi connectivity index (χ0v) is 22.9. The third kappa shape index (κ3) is 5.54. The minimum atomic E-state index is -4.54. The SMILES string of the molecule is COc1ncc(Cl)cc1S(=O)(=O)Nc1ccc(F)c(-c2ccc3c(C(=O)NC4CCCC(O)C4)[nH]nc3c2F)c1F. The lowest BCUT2D eigenvalue weighted by Gasteiger charge is -2.26. The molecule has 41 heavy (non-hydrogen) atoms.